The molecule has 7 heteroatoms. The van der Waals surface area contributed by atoms with Gasteiger partial charge in [-0.05, 0) is 55.4 Å². The molecule has 1 spiro atoms. The van der Waals surface area contributed by atoms with Gasteiger partial charge in [0.25, 0.3) is 11.5 Å². The SMILES string of the molecule is Cn1cnc2cc(C(=O)N[C@H]3CC4(C3)C[C@H](c3n[nH]c(=O)c5ccccc53)C4)ccc21. The van der Waals surface area contributed by atoms with E-state index in [9.17, 15) is 9.59 Å². The normalized spacial score (nSPS) is 24.8. The standard InChI is InChI=1S/C24H23N5O2/c1-29-13-25-19-8-14(6-7-20(19)29)22(30)26-16-11-24(12-16)9-15(10-24)21-17-4-2-3-5-18(17)23(31)28-27-21/h2-8,13,15-16H,9-12H2,1H3,(H,26,30)(H,28,31)/t15-,16-,24?. The maximum absolute atomic E-state index is 12.7. The Labute approximate surface area is 178 Å². The molecule has 2 aromatic heterocycles. The lowest BCUT2D eigenvalue weighted by atomic mass is 9.49. The van der Waals surface area contributed by atoms with Crippen molar-refractivity contribution in [2.24, 2.45) is 12.5 Å². The number of carbonyl (C=O) groups is 1. The fourth-order valence-corrected chi connectivity index (χ4v) is 5.59. The molecule has 2 aliphatic carbocycles. The van der Waals surface area contributed by atoms with Crippen molar-refractivity contribution in [1.82, 2.24) is 25.1 Å². The number of nitrogens with zero attached hydrogens (tertiary/aromatic N) is 3. The molecule has 0 bridgehead atoms. The number of H-pyrrole nitrogens is 1. The van der Waals surface area contributed by atoms with E-state index in [0.717, 1.165) is 47.8 Å². The number of rotatable bonds is 3. The Hall–Kier alpha value is -3.48. The van der Waals surface area contributed by atoms with Gasteiger partial charge in [0.15, 0.2) is 0 Å². The predicted octanol–water partition coefficient (Wildman–Crippen LogP) is 3.27. The topological polar surface area (TPSA) is 92.7 Å². The Morgan fingerprint density at radius 3 is 2.71 bits per heavy atom. The number of amides is 1. The van der Waals surface area contributed by atoms with Crippen LogP contribution in [0.15, 0.2) is 53.6 Å². The maximum atomic E-state index is 12.7. The lowest BCUT2D eigenvalue weighted by Crippen LogP contribution is -2.55. The molecule has 156 valence electrons. The van der Waals surface area contributed by atoms with E-state index in [1.807, 2.05) is 54.1 Å². The summed E-state index contributed by atoms with van der Waals surface area (Å²) in [6.45, 7) is 0. The number of nitrogens with one attached hydrogen (secondary N) is 2. The molecule has 7 nitrogen and oxygen atoms in total. The van der Waals surface area contributed by atoms with Crippen LogP contribution in [0.5, 0.6) is 0 Å². The van der Waals surface area contributed by atoms with E-state index >= 15 is 0 Å². The number of aromatic amines is 1. The van der Waals surface area contributed by atoms with E-state index in [-0.39, 0.29) is 17.5 Å². The monoisotopic (exact) mass is 413 g/mol. The van der Waals surface area contributed by atoms with Gasteiger partial charge < -0.3 is 9.88 Å². The number of hydrogen-bond donors (Lipinski definition) is 2. The van der Waals surface area contributed by atoms with Crippen LogP contribution >= 0.6 is 0 Å². The van der Waals surface area contributed by atoms with E-state index in [0.29, 0.717) is 22.3 Å². The quantitative estimate of drug-likeness (QED) is 0.539. The minimum absolute atomic E-state index is 0.0310. The third kappa shape index (κ3) is 2.87. The Balaban J connectivity index is 1.10. The Morgan fingerprint density at radius 2 is 1.90 bits per heavy atom. The average molecular weight is 413 g/mol. The predicted molar refractivity (Wildman–Crippen MR) is 118 cm³/mol. The first kappa shape index (κ1) is 18.3. The summed E-state index contributed by atoms with van der Waals surface area (Å²) in [5.74, 6) is 0.335. The first-order valence-corrected chi connectivity index (χ1v) is 10.7. The van der Waals surface area contributed by atoms with Crippen LogP contribution in [-0.2, 0) is 7.05 Å². The van der Waals surface area contributed by atoms with Crippen LogP contribution in [0.2, 0.25) is 0 Å². The summed E-state index contributed by atoms with van der Waals surface area (Å²) in [5.41, 5.74) is 3.67. The van der Waals surface area contributed by atoms with Crippen LogP contribution in [0.25, 0.3) is 21.8 Å². The lowest BCUT2D eigenvalue weighted by molar-refractivity contribution is -0.0196. The van der Waals surface area contributed by atoms with Gasteiger partial charge in [-0.1, -0.05) is 18.2 Å². The molecule has 2 aromatic carbocycles. The largest absolute Gasteiger partial charge is 0.349 e. The molecular weight excluding hydrogens is 390 g/mol. The minimum Gasteiger partial charge on any atom is -0.349 e. The summed E-state index contributed by atoms with van der Waals surface area (Å²) in [4.78, 5) is 29.1. The van der Waals surface area contributed by atoms with E-state index in [1.165, 1.54) is 0 Å². The summed E-state index contributed by atoms with van der Waals surface area (Å²) in [6, 6.07) is 13.6. The smallest absolute Gasteiger partial charge is 0.272 e. The van der Waals surface area contributed by atoms with Crippen LogP contribution in [0.4, 0.5) is 0 Å². The van der Waals surface area contributed by atoms with E-state index in [2.05, 4.69) is 20.5 Å². The zero-order chi connectivity index (χ0) is 21.2. The van der Waals surface area contributed by atoms with Gasteiger partial charge in [0, 0.05) is 30.0 Å². The second kappa shape index (κ2) is 6.51. The van der Waals surface area contributed by atoms with Crippen molar-refractivity contribution in [1.29, 1.82) is 0 Å². The molecule has 2 fully saturated rings. The summed E-state index contributed by atoms with van der Waals surface area (Å²) in [6.07, 6.45) is 5.88. The van der Waals surface area contributed by atoms with Gasteiger partial charge in [-0.2, -0.15) is 5.10 Å². The van der Waals surface area contributed by atoms with E-state index in [4.69, 9.17) is 0 Å². The Bertz CT molecular complexity index is 1390. The average Bonchev–Trinajstić information content (AvgIpc) is 3.10. The second-order valence-electron chi connectivity index (χ2n) is 9.23. The molecule has 2 N–H and O–H groups in total. The molecule has 2 saturated carbocycles. The zero-order valence-corrected chi connectivity index (χ0v) is 17.3. The lowest BCUT2D eigenvalue weighted by Gasteiger charge is -2.57. The van der Waals surface area contributed by atoms with Crippen LogP contribution in [0.3, 0.4) is 0 Å². The summed E-state index contributed by atoms with van der Waals surface area (Å²) in [5, 5.41) is 11.9. The third-order valence-corrected chi connectivity index (χ3v) is 7.15. The Morgan fingerprint density at radius 1 is 1.13 bits per heavy atom. The third-order valence-electron chi connectivity index (χ3n) is 7.15. The van der Waals surface area contributed by atoms with Crippen LogP contribution in [0.1, 0.15) is 47.7 Å². The van der Waals surface area contributed by atoms with Gasteiger partial charge in [0.1, 0.15) is 0 Å². The maximum Gasteiger partial charge on any atom is 0.272 e. The highest BCUT2D eigenvalue weighted by molar-refractivity contribution is 5.97. The summed E-state index contributed by atoms with van der Waals surface area (Å²) >= 11 is 0. The van der Waals surface area contributed by atoms with Crippen molar-refractivity contribution in [2.75, 3.05) is 0 Å². The molecule has 4 aromatic rings. The molecule has 0 aliphatic heterocycles. The van der Waals surface area contributed by atoms with Crippen molar-refractivity contribution in [3.63, 3.8) is 0 Å². The highest BCUT2D eigenvalue weighted by Crippen LogP contribution is 2.62. The molecule has 0 radical (unpaired) electrons. The number of hydrogen-bond acceptors (Lipinski definition) is 4. The summed E-state index contributed by atoms with van der Waals surface area (Å²) < 4.78 is 1.94. The first-order chi connectivity index (χ1) is 15.0. The fourth-order valence-electron chi connectivity index (χ4n) is 5.59. The van der Waals surface area contributed by atoms with Gasteiger partial charge >= 0.3 is 0 Å². The number of imidazole rings is 1. The zero-order valence-electron chi connectivity index (χ0n) is 17.3. The van der Waals surface area contributed by atoms with E-state index < -0.39 is 0 Å². The van der Waals surface area contributed by atoms with E-state index in [1.54, 1.807) is 6.33 Å². The molecule has 31 heavy (non-hydrogen) atoms. The molecule has 2 aliphatic rings. The molecule has 0 unspecified atom stereocenters. The minimum atomic E-state index is -0.135. The van der Waals surface area contributed by atoms with Gasteiger partial charge in [-0.25, -0.2) is 10.1 Å². The van der Waals surface area contributed by atoms with Crippen molar-refractivity contribution in [3.05, 3.63) is 70.4 Å². The number of aryl methyl sites for hydroxylation is 1. The molecule has 2 heterocycles. The van der Waals surface area contributed by atoms with Gasteiger partial charge in [0.05, 0.1) is 28.4 Å². The van der Waals surface area contributed by atoms with Crippen LogP contribution < -0.4 is 10.9 Å². The highest BCUT2D eigenvalue weighted by atomic mass is 16.1. The highest BCUT2D eigenvalue weighted by Gasteiger charge is 2.54. The van der Waals surface area contributed by atoms with Crippen LogP contribution in [0, 0.1) is 5.41 Å². The summed E-state index contributed by atoms with van der Waals surface area (Å²) in [7, 11) is 1.94. The van der Waals surface area contributed by atoms with Crippen molar-refractivity contribution < 1.29 is 4.79 Å². The molecule has 1 amide bonds. The first-order valence-electron chi connectivity index (χ1n) is 10.7. The molecular formula is C24H23N5O2. The van der Waals surface area contributed by atoms with Crippen molar-refractivity contribution in [2.45, 2.75) is 37.6 Å². The number of benzene rings is 2. The number of carbonyl (C=O) groups excluding carboxylic acids is 1. The number of fused-ring (bicyclic) bond motifs is 2. The fraction of sp³-hybridized carbons (Fsp3) is 0.333. The van der Waals surface area contributed by atoms with Gasteiger partial charge in [-0.15, -0.1) is 0 Å². The van der Waals surface area contributed by atoms with Gasteiger partial charge in [-0.3, -0.25) is 9.59 Å². The Kier molecular flexibility index (Phi) is 3.84. The van der Waals surface area contributed by atoms with Crippen molar-refractivity contribution >= 4 is 27.7 Å². The molecule has 0 atom stereocenters. The van der Waals surface area contributed by atoms with Crippen LogP contribution in [-0.4, -0.2) is 31.7 Å². The molecule has 6 rings (SSSR count). The van der Waals surface area contributed by atoms with Gasteiger partial charge in [0.2, 0.25) is 0 Å². The molecule has 0 saturated heterocycles. The second-order valence-corrected chi connectivity index (χ2v) is 9.23. The number of aromatic nitrogens is 4. The van der Waals surface area contributed by atoms with Crippen molar-refractivity contribution in [3.8, 4) is 0 Å².